The van der Waals surface area contributed by atoms with Crippen LogP contribution in [0.5, 0.6) is 0 Å². The summed E-state index contributed by atoms with van der Waals surface area (Å²) in [6.45, 7) is 10.4. The average Bonchev–Trinajstić information content (AvgIpc) is 1.58. The third-order valence-corrected chi connectivity index (χ3v) is 0.949. The summed E-state index contributed by atoms with van der Waals surface area (Å²) >= 11 is 0. The van der Waals surface area contributed by atoms with Crippen molar-refractivity contribution in [3.05, 3.63) is 0 Å². The zero-order chi connectivity index (χ0) is 8.15. The number of amidine groups is 1. The minimum Gasteiger partial charge on any atom is -0.372 e. The van der Waals surface area contributed by atoms with Gasteiger partial charge in [-0.2, -0.15) is 0 Å². The molecular formula is C8H18N2V. The van der Waals surface area contributed by atoms with Gasteiger partial charge in [0.15, 0.2) is 0 Å². The Morgan fingerprint density at radius 1 is 1.18 bits per heavy atom. The van der Waals surface area contributed by atoms with E-state index in [1.54, 1.807) is 0 Å². The normalized spacial score (nSPS) is 11.7. The number of rotatable bonds is 2. The van der Waals surface area contributed by atoms with Crippen molar-refractivity contribution in [1.82, 2.24) is 5.32 Å². The van der Waals surface area contributed by atoms with E-state index in [0.29, 0.717) is 12.1 Å². The molecule has 0 aliphatic carbocycles. The maximum Gasteiger partial charge on any atom is 0.0936 e. The van der Waals surface area contributed by atoms with E-state index in [4.69, 9.17) is 0 Å². The monoisotopic (exact) mass is 193 g/mol. The molecule has 0 aromatic heterocycles. The minimum atomic E-state index is 0. The molecule has 0 aliphatic rings. The molecule has 3 heteroatoms. The van der Waals surface area contributed by atoms with E-state index in [1.165, 1.54) is 0 Å². The van der Waals surface area contributed by atoms with Crippen LogP contribution < -0.4 is 5.32 Å². The summed E-state index contributed by atoms with van der Waals surface area (Å²) in [5.41, 5.74) is 0. The summed E-state index contributed by atoms with van der Waals surface area (Å²) in [4.78, 5) is 4.32. The van der Waals surface area contributed by atoms with E-state index in [1.807, 2.05) is 6.92 Å². The van der Waals surface area contributed by atoms with Crippen molar-refractivity contribution in [1.29, 1.82) is 0 Å². The summed E-state index contributed by atoms with van der Waals surface area (Å²) in [7, 11) is 0. The molecule has 0 atom stereocenters. The molecule has 1 radical (unpaired) electrons. The van der Waals surface area contributed by atoms with Crippen LogP contribution in [0.1, 0.15) is 34.6 Å². The van der Waals surface area contributed by atoms with Crippen LogP contribution in [0, 0.1) is 0 Å². The van der Waals surface area contributed by atoms with Crippen molar-refractivity contribution >= 4 is 5.84 Å². The molecular weight excluding hydrogens is 175 g/mol. The zero-order valence-corrected chi connectivity index (χ0v) is 9.45. The van der Waals surface area contributed by atoms with Crippen LogP contribution in [-0.2, 0) is 18.6 Å². The molecule has 0 saturated heterocycles. The van der Waals surface area contributed by atoms with Gasteiger partial charge in [0, 0.05) is 30.6 Å². The molecule has 0 aliphatic heterocycles. The first-order valence-electron chi connectivity index (χ1n) is 3.83. The van der Waals surface area contributed by atoms with Gasteiger partial charge >= 0.3 is 0 Å². The third-order valence-electron chi connectivity index (χ3n) is 0.949. The summed E-state index contributed by atoms with van der Waals surface area (Å²) in [5, 5.41) is 3.22. The predicted octanol–water partition coefficient (Wildman–Crippen LogP) is 1.81. The second kappa shape index (κ2) is 6.75. The van der Waals surface area contributed by atoms with E-state index in [0.717, 1.165) is 5.84 Å². The van der Waals surface area contributed by atoms with Crippen LogP contribution in [-0.4, -0.2) is 17.9 Å². The van der Waals surface area contributed by atoms with Gasteiger partial charge in [0.05, 0.1) is 5.84 Å². The Kier molecular flexibility index (Phi) is 8.36. The summed E-state index contributed by atoms with van der Waals surface area (Å²) in [6.07, 6.45) is 0. The van der Waals surface area contributed by atoms with Gasteiger partial charge in [-0.1, -0.05) is 0 Å². The third kappa shape index (κ3) is 10.1. The maximum atomic E-state index is 4.32. The molecule has 65 valence electrons. The van der Waals surface area contributed by atoms with Gasteiger partial charge in [-0.3, -0.25) is 4.99 Å². The van der Waals surface area contributed by atoms with E-state index < -0.39 is 0 Å². The first-order chi connectivity index (χ1) is 4.52. The molecule has 2 nitrogen and oxygen atoms in total. The van der Waals surface area contributed by atoms with Crippen molar-refractivity contribution in [2.45, 2.75) is 46.7 Å². The smallest absolute Gasteiger partial charge is 0.0936 e. The van der Waals surface area contributed by atoms with Gasteiger partial charge in [0.1, 0.15) is 0 Å². The molecule has 0 bridgehead atoms. The fourth-order valence-corrected chi connectivity index (χ4v) is 0.842. The van der Waals surface area contributed by atoms with Crippen molar-refractivity contribution in [3.8, 4) is 0 Å². The molecule has 0 heterocycles. The van der Waals surface area contributed by atoms with Gasteiger partial charge in [-0.05, 0) is 34.6 Å². The van der Waals surface area contributed by atoms with Crippen LogP contribution in [0.25, 0.3) is 0 Å². The summed E-state index contributed by atoms with van der Waals surface area (Å²) in [5.74, 6) is 1.03. The predicted molar refractivity (Wildman–Crippen MR) is 46.5 cm³/mol. The van der Waals surface area contributed by atoms with Crippen molar-refractivity contribution < 1.29 is 18.6 Å². The van der Waals surface area contributed by atoms with Crippen molar-refractivity contribution in [2.24, 2.45) is 4.99 Å². The van der Waals surface area contributed by atoms with Crippen molar-refractivity contribution in [3.63, 3.8) is 0 Å². The van der Waals surface area contributed by atoms with Crippen LogP contribution >= 0.6 is 0 Å². The molecule has 0 fully saturated rings. The van der Waals surface area contributed by atoms with E-state index in [9.17, 15) is 0 Å². The van der Waals surface area contributed by atoms with Gasteiger partial charge in [0.25, 0.3) is 0 Å². The van der Waals surface area contributed by atoms with Crippen molar-refractivity contribution in [2.75, 3.05) is 0 Å². The molecule has 0 spiro atoms. The fraction of sp³-hybridized carbons (Fsp3) is 0.875. The second-order valence-electron chi connectivity index (χ2n) is 3.11. The SMILES string of the molecule is CC(=NC(C)C)NC(C)C.[V]. The quantitative estimate of drug-likeness (QED) is 0.525. The molecule has 11 heavy (non-hydrogen) atoms. The number of aliphatic imine (C=N–C) groups is 1. The molecule has 0 aromatic carbocycles. The Balaban J connectivity index is 0. The molecule has 0 saturated carbocycles. The zero-order valence-electron chi connectivity index (χ0n) is 8.05. The second-order valence-corrected chi connectivity index (χ2v) is 3.11. The van der Waals surface area contributed by atoms with Gasteiger partial charge < -0.3 is 5.32 Å². The van der Waals surface area contributed by atoms with E-state index in [2.05, 4.69) is 38.0 Å². The number of nitrogens with zero attached hydrogens (tertiary/aromatic N) is 1. The van der Waals surface area contributed by atoms with Crippen LogP contribution in [0.15, 0.2) is 4.99 Å². The summed E-state index contributed by atoms with van der Waals surface area (Å²) in [6, 6.07) is 0.883. The number of hydrogen-bond donors (Lipinski definition) is 1. The van der Waals surface area contributed by atoms with Crippen LogP contribution in [0.4, 0.5) is 0 Å². The number of hydrogen-bond acceptors (Lipinski definition) is 1. The largest absolute Gasteiger partial charge is 0.372 e. The molecule has 0 aromatic rings. The van der Waals surface area contributed by atoms with Gasteiger partial charge in [0.2, 0.25) is 0 Å². The van der Waals surface area contributed by atoms with Gasteiger partial charge in [-0.15, -0.1) is 0 Å². The van der Waals surface area contributed by atoms with Crippen LogP contribution in [0.3, 0.4) is 0 Å². The minimum absolute atomic E-state index is 0. The first-order valence-corrected chi connectivity index (χ1v) is 3.83. The maximum absolute atomic E-state index is 4.32. The number of nitrogens with one attached hydrogen (secondary N) is 1. The summed E-state index contributed by atoms with van der Waals surface area (Å²) < 4.78 is 0. The Labute approximate surface area is 81.7 Å². The molecule has 0 unspecified atom stereocenters. The topological polar surface area (TPSA) is 24.4 Å². The van der Waals surface area contributed by atoms with Crippen LogP contribution in [0.2, 0.25) is 0 Å². The molecule has 1 N–H and O–H groups in total. The molecule has 0 amide bonds. The Bertz CT molecular complexity index is 119. The first kappa shape index (κ1) is 13.6. The van der Waals surface area contributed by atoms with E-state index in [-0.39, 0.29) is 18.6 Å². The standard InChI is InChI=1S/C8H18N2.V/c1-6(2)9-8(5)10-7(3)4;/h6-7H,1-5H3,(H,9,10);. The molecule has 0 rings (SSSR count). The Morgan fingerprint density at radius 2 is 1.64 bits per heavy atom. The fourth-order valence-electron chi connectivity index (χ4n) is 0.842. The average molecular weight is 193 g/mol. The Morgan fingerprint density at radius 3 is 1.91 bits per heavy atom. The van der Waals surface area contributed by atoms with E-state index >= 15 is 0 Å². The Hall–Kier alpha value is 0.0544. The van der Waals surface area contributed by atoms with Gasteiger partial charge in [-0.25, -0.2) is 0 Å².